The van der Waals surface area contributed by atoms with E-state index in [4.69, 9.17) is 0 Å². The number of hydrogen-bond donors (Lipinski definition) is 1. The monoisotopic (exact) mass is 217 g/mol. The van der Waals surface area contributed by atoms with Crippen LogP contribution in [0, 0.1) is 0 Å². The molecule has 0 saturated carbocycles. The van der Waals surface area contributed by atoms with Crippen LogP contribution in [0.4, 0.5) is 5.69 Å². The lowest BCUT2D eigenvalue weighted by Crippen LogP contribution is -2.24. The van der Waals surface area contributed by atoms with Crippen LogP contribution in [0.5, 0.6) is 0 Å². The number of amidine groups is 1. The Morgan fingerprint density at radius 2 is 2.06 bits per heavy atom. The molecule has 16 heavy (non-hydrogen) atoms. The van der Waals surface area contributed by atoms with E-state index in [2.05, 4.69) is 46.4 Å². The molecular formula is C13H19N3. The molecule has 1 aliphatic rings. The van der Waals surface area contributed by atoms with Crippen LogP contribution in [-0.4, -0.2) is 32.5 Å². The molecule has 0 unspecified atom stereocenters. The fourth-order valence-electron chi connectivity index (χ4n) is 1.99. The van der Waals surface area contributed by atoms with Gasteiger partial charge in [0.25, 0.3) is 0 Å². The number of nitrogens with zero attached hydrogens (tertiary/aromatic N) is 2. The number of nitrogens with one attached hydrogen (secondary N) is 1. The van der Waals surface area contributed by atoms with Crippen molar-refractivity contribution in [3.05, 3.63) is 29.8 Å². The van der Waals surface area contributed by atoms with Crippen molar-refractivity contribution in [1.29, 1.82) is 0 Å². The van der Waals surface area contributed by atoms with Gasteiger partial charge in [-0.3, -0.25) is 4.99 Å². The zero-order chi connectivity index (χ0) is 11.4. The summed E-state index contributed by atoms with van der Waals surface area (Å²) in [7, 11) is 1.98. The first-order chi connectivity index (χ1) is 7.81. The Morgan fingerprint density at radius 3 is 2.62 bits per heavy atom. The SMILES string of the molecule is CNCCc1ccc(N2CCN=C2C)cc1. The predicted octanol–water partition coefficient (Wildman–Crippen LogP) is 1.69. The molecule has 2 rings (SSSR count). The summed E-state index contributed by atoms with van der Waals surface area (Å²) in [6.07, 6.45) is 1.09. The molecule has 3 nitrogen and oxygen atoms in total. The van der Waals surface area contributed by atoms with Gasteiger partial charge >= 0.3 is 0 Å². The van der Waals surface area contributed by atoms with E-state index in [0.717, 1.165) is 31.9 Å². The Morgan fingerprint density at radius 1 is 1.31 bits per heavy atom. The van der Waals surface area contributed by atoms with E-state index in [-0.39, 0.29) is 0 Å². The minimum atomic E-state index is 0.924. The lowest BCUT2D eigenvalue weighted by molar-refractivity contribution is 0.792. The summed E-state index contributed by atoms with van der Waals surface area (Å²) in [5.41, 5.74) is 2.64. The number of likely N-dealkylation sites (N-methyl/N-ethyl adjacent to an activating group) is 1. The molecule has 3 heteroatoms. The van der Waals surface area contributed by atoms with Gasteiger partial charge in [0.1, 0.15) is 5.84 Å². The molecule has 0 atom stereocenters. The standard InChI is InChI=1S/C13H19N3/c1-11-15-9-10-16(11)13-5-3-12(4-6-13)7-8-14-2/h3-6,14H,7-10H2,1-2H3. The Bertz CT molecular complexity index is 367. The lowest BCUT2D eigenvalue weighted by atomic mass is 10.1. The largest absolute Gasteiger partial charge is 0.329 e. The molecule has 0 radical (unpaired) electrons. The van der Waals surface area contributed by atoms with E-state index in [0.29, 0.717) is 0 Å². The van der Waals surface area contributed by atoms with Gasteiger partial charge in [-0.25, -0.2) is 0 Å². The van der Waals surface area contributed by atoms with Crippen LogP contribution >= 0.6 is 0 Å². The molecule has 0 bridgehead atoms. The molecule has 0 spiro atoms. The number of aliphatic imine (C=N–C) groups is 1. The fraction of sp³-hybridized carbons (Fsp3) is 0.462. The number of anilines is 1. The topological polar surface area (TPSA) is 27.6 Å². The van der Waals surface area contributed by atoms with Crippen molar-refractivity contribution >= 4 is 11.5 Å². The highest BCUT2D eigenvalue weighted by Gasteiger charge is 2.13. The first-order valence-electron chi connectivity index (χ1n) is 5.83. The third-order valence-corrected chi connectivity index (χ3v) is 2.97. The second-order valence-electron chi connectivity index (χ2n) is 4.10. The maximum atomic E-state index is 4.40. The van der Waals surface area contributed by atoms with Crippen LogP contribution in [-0.2, 0) is 6.42 Å². The zero-order valence-electron chi connectivity index (χ0n) is 10.0. The maximum absolute atomic E-state index is 4.40. The van der Waals surface area contributed by atoms with Crippen LogP contribution in [0.1, 0.15) is 12.5 Å². The normalized spacial score (nSPS) is 15.4. The molecule has 1 N–H and O–H groups in total. The summed E-state index contributed by atoms with van der Waals surface area (Å²) in [5, 5.41) is 3.16. The molecular weight excluding hydrogens is 198 g/mol. The molecule has 1 aliphatic heterocycles. The van der Waals surface area contributed by atoms with Crippen LogP contribution in [0.3, 0.4) is 0 Å². The van der Waals surface area contributed by atoms with Gasteiger partial charge in [-0.2, -0.15) is 0 Å². The van der Waals surface area contributed by atoms with Gasteiger partial charge in [0.2, 0.25) is 0 Å². The summed E-state index contributed by atoms with van der Waals surface area (Å²) in [4.78, 5) is 6.66. The van der Waals surface area contributed by atoms with E-state index < -0.39 is 0 Å². The van der Waals surface area contributed by atoms with Crippen molar-refractivity contribution in [3.8, 4) is 0 Å². The van der Waals surface area contributed by atoms with E-state index >= 15 is 0 Å². The van der Waals surface area contributed by atoms with Gasteiger partial charge in [0, 0.05) is 12.2 Å². The summed E-state index contributed by atoms with van der Waals surface area (Å²) >= 11 is 0. The second-order valence-corrected chi connectivity index (χ2v) is 4.10. The van der Waals surface area contributed by atoms with E-state index in [1.54, 1.807) is 0 Å². The van der Waals surface area contributed by atoms with E-state index in [1.807, 2.05) is 7.05 Å². The Kier molecular flexibility index (Phi) is 3.57. The first-order valence-corrected chi connectivity index (χ1v) is 5.83. The van der Waals surface area contributed by atoms with Gasteiger partial charge in [-0.05, 0) is 44.6 Å². The summed E-state index contributed by atoms with van der Waals surface area (Å²) in [5.74, 6) is 1.13. The van der Waals surface area contributed by atoms with E-state index in [9.17, 15) is 0 Å². The average Bonchev–Trinajstić information content (AvgIpc) is 2.74. The minimum Gasteiger partial charge on any atom is -0.329 e. The first kappa shape index (κ1) is 11.1. The van der Waals surface area contributed by atoms with Crippen molar-refractivity contribution in [2.24, 2.45) is 4.99 Å². The van der Waals surface area contributed by atoms with Crippen LogP contribution < -0.4 is 10.2 Å². The molecule has 0 amide bonds. The van der Waals surface area contributed by atoms with Crippen molar-refractivity contribution in [1.82, 2.24) is 5.32 Å². The number of benzene rings is 1. The second kappa shape index (κ2) is 5.12. The smallest absolute Gasteiger partial charge is 0.100 e. The van der Waals surface area contributed by atoms with Gasteiger partial charge in [0.05, 0.1) is 6.54 Å². The molecule has 1 aromatic carbocycles. The highest BCUT2D eigenvalue weighted by molar-refractivity contribution is 5.97. The fourth-order valence-corrected chi connectivity index (χ4v) is 1.99. The van der Waals surface area contributed by atoms with Gasteiger partial charge in [-0.1, -0.05) is 12.1 Å². The zero-order valence-corrected chi connectivity index (χ0v) is 10.0. The lowest BCUT2D eigenvalue weighted by Gasteiger charge is -2.18. The maximum Gasteiger partial charge on any atom is 0.100 e. The van der Waals surface area contributed by atoms with Crippen LogP contribution in [0.25, 0.3) is 0 Å². The highest BCUT2D eigenvalue weighted by atomic mass is 15.2. The van der Waals surface area contributed by atoms with Crippen molar-refractivity contribution < 1.29 is 0 Å². The molecule has 86 valence electrons. The van der Waals surface area contributed by atoms with Gasteiger partial charge in [-0.15, -0.1) is 0 Å². The van der Waals surface area contributed by atoms with Crippen molar-refractivity contribution in [2.45, 2.75) is 13.3 Å². The summed E-state index contributed by atoms with van der Waals surface area (Å²) in [6, 6.07) is 8.79. The van der Waals surface area contributed by atoms with Crippen molar-refractivity contribution in [3.63, 3.8) is 0 Å². The number of rotatable bonds is 4. The van der Waals surface area contributed by atoms with Crippen LogP contribution in [0.15, 0.2) is 29.3 Å². The van der Waals surface area contributed by atoms with Crippen LogP contribution in [0.2, 0.25) is 0 Å². The van der Waals surface area contributed by atoms with Gasteiger partial charge in [0.15, 0.2) is 0 Å². The highest BCUT2D eigenvalue weighted by Crippen LogP contribution is 2.18. The predicted molar refractivity (Wildman–Crippen MR) is 69.4 cm³/mol. The van der Waals surface area contributed by atoms with Crippen molar-refractivity contribution in [2.75, 3.05) is 31.6 Å². The summed E-state index contributed by atoms with van der Waals surface area (Å²) < 4.78 is 0. The average molecular weight is 217 g/mol. The molecule has 0 saturated heterocycles. The van der Waals surface area contributed by atoms with E-state index in [1.165, 1.54) is 11.3 Å². The minimum absolute atomic E-state index is 0.924. The molecule has 0 aromatic heterocycles. The molecule has 1 aromatic rings. The molecule has 0 fully saturated rings. The Balaban J connectivity index is 2.04. The van der Waals surface area contributed by atoms with Gasteiger partial charge < -0.3 is 10.2 Å². The summed E-state index contributed by atoms with van der Waals surface area (Å²) in [6.45, 7) is 5.04. The molecule has 0 aliphatic carbocycles. The third-order valence-electron chi connectivity index (χ3n) is 2.97. The Hall–Kier alpha value is -1.35. The Labute approximate surface area is 97.2 Å². The third kappa shape index (κ3) is 2.42. The number of hydrogen-bond acceptors (Lipinski definition) is 3. The molecule has 1 heterocycles. The quantitative estimate of drug-likeness (QED) is 0.831.